The average Bonchev–Trinajstić information content (AvgIpc) is 2.42. The van der Waals surface area contributed by atoms with Gasteiger partial charge in [0.05, 0.1) is 21.4 Å². The SMILES string of the molecule is O=C(O)Cc1cc(Cl)c(Oc2ccc([N+](=O)[O-])cc2)c(Cl)c1. The van der Waals surface area contributed by atoms with E-state index in [1.165, 1.54) is 36.4 Å². The van der Waals surface area contributed by atoms with E-state index in [2.05, 4.69) is 0 Å². The van der Waals surface area contributed by atoms with Gasteiger partial charge in [0, 0.05) is 12.1 Å². The molecule has 0 radical (unpaired) electrons. The molecule has 0 aliphatic heterocycles. The fourth-order valence-electron chi connectivity index (χ4n) is 1.74. The molecule has 2 aromatic rings. The Morgan fingerprint density at radius 1 is 1.18 bits per heavy atom. The lowest BCUT2D eigenvalue weighted by Crippen LogP contribution is -2.00. The summed E-state index contributed by atoms with van der Waals surface area (Å²) in [6.45, 7) is 0. The van der Waals surface area contributed by atoms with Crippen LogP contribution in [0.1, 0.15) is 5.56 Å². The maximum Gasteiger partial charge on any atom is 0.307 e. The van der Waals surface area contributed by atoms with Crippen LogP contribution >= 0.6 is 23.2 Å². The highest BCUT2D eigenvalue weighted by atomic mass is 35.5. The van der Waals surface area contributed by atoms with Crippen molar-refractivity contribution in [2.75, 3.05) is 0 Å². The van der Waals surface area contributed by atoms with Gasteiger partial charge in [0.25, 0.3) is 5.69 Å². The summed E-state index contributed by atoms with van der Waals surface area (Å²) in [5.74, 6) is -0.525. The monoisotopic (exact) mass is 341 g/mol. The lowest BCUT2D eigenvalue weighted by atomic mass is 10.1. The third kappa shape index (κ3) is 3.87. The predicted molar refractivity (Wildman–Crippen MR) is 81.0 cm³/mol. The van der Waals surface area contributed by atoms with Crippen LogP contribution in [0.2, 0.25) is 10.0 Å². The number of rotatable bonds is 5. The van der Waals surface area contributed by atoms with E-state index in [9.17, 15) is 14.9 Å². The smallest absolute Gasteiger partial charge is 0.307 e. The third-order valence-corrected chi connectivity index (χ3v) is 3.24. The summed E-state index contributed by atoms with van der Waals surface area (Å²) in [6.07, 6.45) is -0.211. The molecule has 0 heterocycles. The van der Waals surface area contributed by atoms with Crippen LogP contribution in [0.15, 0.2) is 36.4 Å². The van der Waals surface area contributed by atoms with Crippen molar-refractivity contribution in [2.45, 2.75) is 6.42 Å². The second kappa shape index (κ2) is 6.64. The van der Waals surface area contributed by atoms with Crippen molar-refractivity contribution in [3.05, 3.63) is 62.1 Å². The summed E-state index contributed by atoms with van der Waals surface area (Å²) in [5.41, 5.74) is 0.375. The molecule has 0 spiro atoms. The Kier molecular flexibility index (Phi) is 4.85. The zero-order valence-corrected chi connectivity index (χ0v) is 12.5. The largest absolute Gasteiger partial charge is 0.481 e. The predicted octanol–water partition coefficient (Wildman–Crippen LogP) is 4.32. The first kappa shape index (κ1) is 16.1. The molecule has 0 saturated carbocycles. The number of non-ortho nitro benzene ring substituents is 1. The first-order chi connectivity index (χ1) is 10.4. The summed E-state index contributed by atoms with van der Waals surface area (Å²) in [5, 5.41) is 19.6. The Bertz CT molecular complexity index is 708. The van der Waals surface area contributed by atoms with Crippen LogP contribution in [-0.2, 0) is 11.2 Å². The second-order valence-corrected chi connectivity index (χ2v) is 5.13. The van der Waals surface area contributed by atoms with Crippen LogP contribution in [0.4, 0.5) is 5.69 Å². The van der Waals surface area contributed by atoms with Crippen LogP contribution in [-0.4, -0.2) is 16.0 Å². The van der Waals surface area contributed by atoms with Crippen LogP contribution < -0.4 is 4.74 Å². The van der Waals surface area contributed by atoms with Gasteiger partial charge in [-0.3, -0.25) is 14.9 Å². The molecule has 0 atom stereocenters. The first-order valence-electron chi connectivity index (χ1n) is 5.99. The highest BCUT2D eigenvalue weighted by Gasteiger charge is 2.13. The van der Waals surface area contributed by atoms with Gasteiger partial charge in [0.1, 0.15) is 5.75 Å². The Morgan fingerprint density at radius 3 is 2.18 bits per heavy atom. The van der Waals surface area contributed by atoms with E-state index in [1.54, 1.807) is 0 Å². The van der Waals surface area contributed by atoms with Gasteiger partial charge in [-0.15, -0.1) is 0 Å². The lowest BCUT2D eigenvalue weighted by Gasteiger charge is -2.11. The molecule has 0 aliphatic rings. The summed E-state index contributed by atoms with van der Waals surface area (Å²) in [6, 6.07) is 8.29. The molecule has 2 rings (SSSR count). The molecule has 0 unspecified atom stereocenters. The van der Waals surface area contributed by atoms with E-state index < -0.39 is 10.9 Å². The van der Waals surface area contributed by atoms with Crippen molar-refractivity contribution < 1.29 is 19.6 Å². The molecule has 0 bridgehead atoms. The fraction of sp³-hybridized carbons (Fsp3) is 0.0714. The molecule has 0 saturated heterocycles. The van der Waals surface area contributed by atoms with Gasteiger partial charge >= 0.3 is 5.97 Å². The van der Waals surface area contributed by atoms with Gasteiger partial charge in [0.2, 0.25) is 0 Å². The van der Waals surface area contributed by atoms with Gasteiger partial charge in [-0.05, 0) is 29.8 Å². The topological polar surface area (TPSA) is 89.7 Å². The highest BCUT2D eigenvalue weighted by Crippen LogP contribution is 2.37. The maximum atomic E-state index is 10.7. The molecule has 1 N–H and O–H groups in total. The number of carbonyl (C=O) groups is 1. The summed E-state index contributed by atoms with van der Waals surface area (Å²) >= 11 is 12.1. The highest BCUT2D eigenvalue weighted by molar-refractivity contribution is 6.37. The standard InChI is InChI=1S/C14H9Cl2NO5/c15-11-5-8(7-13(18)19)6-12(16)14(11)22-10-3-1-9(2-4-10)17(20)21/h1-6H,7H2,(H,18,19). The molecular weight excluding hydrogens is 333 g/mol. The Morgan fingerprint density at radius 2 is 1.73 bits per heavy atom. The zero-order chi connectivity index (χ0) is 16.3. The minimum Gasteiger partial charge on any atom is -0.481 e. The molecule has 0 amide bonds. The molecule has 8 heteroatoms. The normalized spacial score (nSPS) is 10.3. The van der Waals surface area contributed by atoms with Crippen LogP contribution in [0.3, 0.4) is 0 Å². The van der Waals surface area contributed by atoms with Crippen molar-refractivity contribution in [3.8, 4) is 11.5 Å². The van der Waals surface area contributed by atoms with Crippen molar-refractivity contribution in [1.82, 2.24) is 0 Å². The summed E-state index contributed by atoms with van der Waals surface area (Å²) in [4.78, 5) is 20.7. The second-order valence-electron chi connectivity index (χ2n) is 4.31. The quantitative estimate of drug-likeness (QED) is 0.645. The van der Waals surface area contributed by atoms with Gasteiger partial charge in [-0.25, -0.2) is 0 Å². The minimum atomic E-state index is -1.00. The average molecular weight is 342 g/mol. The number of benzene rings is 2. The van der Waals surface area contributed by atoms with E-state index in [0.717, 1.165) is 0 Å². The first-order valence-corrected chi connectivity index (χ1v) is 6.74. The number of carboxylic acid groups (broad SMARTS) is 1. The van der Waals surface area contributed by atoms with Gasteiger partial charge in [-0.1, -0.05) is 23.2 Å². The maximum absolute atomic E-state index is 10.7. The van der Waals surface area contributed by atoms with Gasteiger partial charge in [0.15, 0.2) is 5.75 Å². The number of nitro groups is 1. The van der Waals surface area contributed by atoms with Gasteiger partial charge in [-0.2, -0.15) is 0 Å². The summed E-state index contributed by atoms with van der Waals surface area (Å²) < 4.78 is 5.50. The third-order valence-electron chi connectivity index (χ3n) is 2.68. The number of carboxylic acids is 1. The molecule has 6 nitrogen and oxygen atoms in total. The molecule has 0 aliphatic carbocycles. The Hall–Kier alpha value is -2.31. The number of aliphatic carboxylic acids is 1. The van der Waals surface area contributed by atoms with E-state index in [1.807, 2.05) is 0 Å². The number of ether oxygens (including phenoxy) is 1. The molecule has 0 aromatic heterocycles. The van der Waals surface area contributed by atoms with E-state index in [4.69, 9.17) is 33.0 Å². The number of hydrogen-bond acceptors (Lipinski definition) is 4. The van der Waals surface area contributed by atoms with Crippen molar-refractivity contribution in [1.29, 1.82) is 0 Å². The van der Waals surface area contributed by atoms with Crippen molar-refractivity contribution in [3.63, 3.8) is 0 Å². The molecule has 0 fully saturated rings. The number of halogens is 2. The molecule has 22 heavy (non-hydrogen) atoms. The minimum absolute atomic E-state index is 0.0682. The van der Waals surface area contributed by atoms with Crippen LogP contribution in [0, 0.1) is 10.1 Å². The van der Waals surface area contributed by atoms with E-state index in [0.29, 0.717) is 11.3 Å². The van der Waals surface area contributed by atoms with E-state index in [-0.39, 0.29) is 27.9 Å². The zero-order valence-electron chi connectivity index (χ0n) is 11.0. The van der Waals surface area contributed by atoms with Crippen LogP contribution in [0.25, 0.3) is 0 Å². The van der Waals surface area contributed by atoms with Crippen molar-refractivity contribution in [2.24, 2.45) is 0 Å². The van der Waals surface area contributed by atoms with Crippen LogP contribution in [0.5, 0.6) is 11.5 Å². The Labute approximate surface area is 135 Å². The van der Waals surface area contributed by atoms with E-state index >= 15 is 0 Å². The molecule has 114 valence electrons. The Balaban J connectivity index is 2.25. The van der Waals surface area contributed by atoms with Gasteiger partial charge < -0.3 is 9.84 Å². The number of nitro benzene ring substituents is 1. The summed E-state index contributed by atoms with van der Waals surface area (Å²) in [7, 11) is 0. The molecule has 2 aromatic carbocycles. The lowest BCUT2D eigenvalue weighted by molar-refractivity contribution is -0.384. The van der Waals surface area contributed by atoms with Crippen molar-refractivity contribution >= 4 is 34.9 Å². The molecular formula is C14H9Cl2NO5. The number of nitrogens with zero attached hydrogens (tertiary/aromatic N) is 1. The fourth-order valence-corrected chi connectivity index (χ4v) is 2.35. The number of hydrogen-bond donors (Lipinski definition) is 1.